The van der Waals surface area contributed by atoms with Gasteiger partial charge in [-0.2, -0.15) is 0 Å². The third-order valence-electron chi connectivity index (χ3n) is 22.2. The van der Waals surface area contributed by atoms with Crippen molar-refractivity contribution in [3.63, 3.8) is 0 Å². The standard InChI is InChI=1S/C54H89N/c1-3-13-36(14-4-1)37-25-27-46(28-26-37)55(45-18-5-2-6-19-45)52-30-29-47(49-21-11-12-22-50(49)52)42-24-23-41-34-44-33-40-17-9-10-20-48(40)53(54(44)51(41)35-42)43-31-38-15-7-8-16-39(38)32-43/h36-54H,1-35H2. The van der Waals surface area contributed by atoms with Crippen LogP contribution in [-0.2, 0) is 0 Å². The monoisotopic (exact) mass is 752 g/mol. The minimum absolute atomic E-state index is 0.934. The van der Waals surface area contributed by atoms with Gasteiger partial charge in [0.1, 0.15) is 0 Å². The van der Waals surface area contributed by atoms with Crippen molar-refractivity contribution in [1.82, 2.24) is 4.90 Å². The molecule has 11 aliphatic carbocycles. The zero-order valence-electron chi connectivity index (χ0n) is 36.2. The fourth-order valence-electron chi connectivity index (χ4n) is 20.3. The zero-order chi connectivity index (χ0) is 36.3. The maximum atomic E-state index is 3.42. The fraction of sp³-hybridized carbons (Fsp3) is 1.00. The van der Waals surface area contributed by atoms with E-state index in [0.717, 1.165) is 113 Å². The molecule has 310 valence electrons. The first-order valence-electron chi connectivity index (χ1n) is 27.0. The SMILES string of the molecule is C1CCC(C2CCC(N(C3CCCCC3)C3CCC(C4CCC5CC6CC7CCCCC7C(C7CC8CCCCC8C7)C6C5C4)C4CCCCC43)CC2)CC1. The number of hydrogen-bond acceptors (Lipinski definition) is 1. The second-order valence-corrected chi connectivity index (χ2v) is 24.3. The molecule has 11 saturated carbocycles. The lowest BCUT2D eigenvalue weighted by atomic mass is 9.52. The molecule has 0 saturated heterocycles. The van der Waals surface area contributed by atoms with E-state index in [0.29, 0.717) is 0 Å². The van der Waals surface area contributed by atoms with Crippen LogP contribution in [0.25, 0.3) is 0 Å². The molecular weight excluding hydrogens is 663 g/mol. The summed E-state index contributed by atoms with van der Waals surface area (Å²) < 4.78 is 0. The maximum Gasteiger partial charge on any atom is 0.0132 e. The van der Waals surface area contributed by atoms with Crippen molar-refractivity contribution in [3.05, 3.63) is 0 Å². The van der Waals surface area contributed by atoms with E-state index < -0.39 is 0 Å². The molecule has 11 rings (SSSR count). The first-order valence-corrected chi connectivity index (χ1v) is 27.0. The summed E-state index contributed by atoms with van der Waals surface area (Å²) in [6.45, 7) is 0. The Balaban J connectivity index is 0.816. The third-order valence-corrected chi connectivity index (χ3v) is 22.2. The molecule has 11 fully saturated rings. The number of rotatable bonds is 6. The lowest BCUT2D eigenvalue weighted by Gasteiger charge is -2.57. The maximum absolute atomic E-state index is 3.42. The minimum atomic E-state index is 0.934. The van der Waals surface area contributed by atoms with E-state index in [2.05, 4.69) is 4.90 Å². The van der Waals surface area contributed by atoms with Gasteiger partial charge < -0.3 is 0 Å². The van der Waals surface area contributed by atoms with Crippen LogP contribution in [0.15, 0.2) is 0 Å². The van der Waals surface area contributed by atoms with Crippen LogP contribution in [0.3, 0.4) is 0 Å². The van der Waals surface area contributed by atoms with Crippen molar-refractivity contribution in [1.29, 1.82) is 0 Å². The molecule has 0 spiro atoms. The summed E-state index contributed by atoms with van der Waals surface area (Å²) in [4.78, 5) is 3.42. The Morgan fingerprint density at radius 3 is 1.35 bits per heavy atom. The molecule has 0 bridgehead atoms. The summed E-state index contributed by atoms with van der Waals surface area (Å²) >= 11 is 0. The smallest absolute Gasteiger partial charge is 0.0132 e. The van der Waals surface area contributed by atoms with Gasteiger partial charge in [-0.15, -0.1) is 0 Å². The number of nitrogens with zero attached hydrogens (tertiary/aromatic N) is 1. The summed E-state index contributed by atoms with van der Waals surface area (Å²) in [5.74, 6) is 17.9. The summed E-state index contributed by atoms with van der Waals surface area (Å²) in [6.07, 6.45) is 55.7. The van der Waals surface area contributed by atoms with Crippen molar-refractivity contribution in [3.8, 4) is 0 Å². The molecule has 0 aromatic heterocycles. The molecule has 1 nitrogen and oxygen atoms in total. The van der Waals surface area contributed by atoms with Gasteiger partial charge in [-0.25, -0.2) is 0 Å². The van der Waals surface area contributed by atoms with Gasteiger partial charge in [0, 0.05) is 18.1 Å². The molecule has 0 aromatic carbocycles. The van der Waals surface area contributed by atoms with Crippen LogP contribution < -0.4 is 0 Å². The highest BCUT2D eigenvalue weighted by Gasteiger charge is 2.59. The predicted octanol–water partition coefficient (Wildman–Crippen LogP) is 15.1. The van der Waals surface area contributed by atoms with E-state index in [1.54, 1.807) is 186 Å². The lowest BCUT2D eigenvalue weighted by Crippen LogP contribution is -2.58. The molecule has 0 N–H and O–H groups in total. The molecule has 0 amide bonds. The molecule has 0 aliphatic heterocycles. The van der Waals surface area contributed by atoms with E-state index in [9.17, 15) is 0 Å². The quantitative estimate of drug-likeness (QED) is 0.261. The first kappa shape index (κ1) is 37.9. The van der Waals surface area contributed by atoms with Gasteiger partial charge in [0.15, 0.2) is 0 Å². The molecule has 0 radical (unpaired) electrons. The predicted molar refractivity (Wildman–Crippen MR) is 231 cm³/mol. The highest BCUT2D eigenvalue weighted by atomic mass is 15.2. The number of fused-ring (bicyclic) bond motifs is 6. The van der Waals surface area contributed by atoms with Crippen LogP contribution in [0, 0.1) is 94.7 Å². The molecule has 0 aromatic rings. The first-order chi connectivity index (χ1) is 27.3. The van der Waals surface area contributed by atoms with Crippen LogP contribution >= 0.6 is 0 Å². The second kappa shape index (κ2) is 16.8. The summed E-state index contributed by atoms with van der Waals surface area (Å²) in [5, 5.41) is 0. The molecule has 0 heterocycles. The zero-order valence-corrected chi connectivity index (χ0v) is 36.2. The second-order valence-electron chi connectivity index (χ2n) is 24.3. The van der Waals surface area contributed by atoms with Gasteiger partial charge in [-0.3, -0.25) is 4.90 Å². The van der Waals surface area contributed by atoms with E-state index in [1.807, 2.05) is 0 Å². The van der Waals surface area contributed by atoms with Gasteiger partial charge in [0.05, 0.1) is 0 Å². The van der Waals surface area contributed by atoms with Gasteiger partial charge in [-0.1, -0.05) is 109 Å². The Hall–Kier alpha value is -0.0400. The van der Waals surface area contributed by atoms with Gasteiger partial charge in [0.2, 0.25) is 0 Å². The Labute approximate surface area is 341 Å². The summed E-state index contributed by atoms with van der Waals surface area (Å²) in [5.41, 5.74) is 0. The van der Waals surface area contributed by atoms with Crippen LogP contribution in [-0.4, -0.2) is 23.0 Å². The van der Waals surface area contributed by atoms with Crippen LogP contribution in [0.4, 0.5) is 0 Å². The highest BCUT2D eigenvalue weighted by molar-refractivity contribution is 5.08. The van der Waals surface area contributed by atoms with Crippen molar-refractivity contribution >= 4 is 0 Å². The minimum Gasteiger partial charge on any atom is -0.294 e. The van der Waals surface area contributed by atoms with Crippen molar-refractivity contribution in [2.75, 3.05) is 0 Å². The molecular formula is C54H89N. The molecule has 14 atom stereocenters. The van der Waals surface area contributed by atoms with E-state index in [4.69, 9.17) is 0 Å². The van der Waals surface area contributed by atoms with Crippen molar-refractivity contribution < 1.29 is 0 Å². The van der Waals surface area contributed by atoms with E-state index in [-0.39, 0.29) is 0 Å². The van der Waals surface area contributed by atoms with Crippen LogP contribution in [0.5, 0.6) is 0 Å². The van der Waals surface area contributed by atoms with E-state index >= 15 is 0 Å². The Morgan fingerprint density at radius 1 is 0.218 bits per heavy atom. The highest BCUT2D eigenvalue weighted by Crippen LogP contribution is 2.66. The normalized spacial score (nSPS) is 51.1. The van der Waals surface area contributed by atoms with Crippen LogP contribution in [0.1, 0.15) is 225 Å². The third kappa shape index (κ3) is 7.33. The Bertz CT molecular complexity index is 1220. The lowest BCUT2D eigenvalue weighted by molar-refractivity contribution is -0.0753. The average Bonchev–Trinajstić information content (AvgIpc) is 3.85. The Morgan fingerprint density at radius 2 is 0.655 bits per heavy atom. The van der Waals surface area contributed by atoms with Gasteiger partial charge in [-0.05, 0) is 210 Å². The number of hydrogen-bond donors (Lipinski definition) is 0. The Kier molecular flexibility index (Phi) is 11.6. The van der Waals surface area contributed by atoms with Crippen molar-refractivity contribution in [2.45, 2.75) is 243 Å². The topological polar surface area (TPSA) is 3.24 Å². The van der Waals surface area contributed by atoms with E-state index in [1.165, 1.54) is 38.5 Å². The molecule has 1 heteroatoms. The summed E-state index contributed by atoms with van der Waals surface area (Å²) in [7, 11) is 0. The molecule has 14 unspecified atom stereocenters. The summed E-state index contributed by atoms with van der Waals surface area (Å²) in [6, 6.07) is 2.82. The average molecular weight is 752 g/mol. The fourth-order valence-corrected chi connectivity index (χ4v) is 20.3. The molecule has 11 aliphatic rings. The van der Waals surface area contributed by atoms with Crippen LogP contribution in [0.2, 0.25) is 0 Å². The molecule has 55 heavy (non-hydrogen) atoms. The largest absolute Gasteiger partial charge is 0.294 e. The van der Waals surface area contributed by atoms with Gasteiger partial charge >= 0.3 is 0 Å². The van der Waals surface area contributed by atoms with Crippen molar-refractivity contribution in [2.24, 2.45) is 94.7 Å². The van der Waals surface area contributed by atoms with Gasteiger partial charge in [0.25, 0.3) is 0 Å².